The fourth-order valence-electron chi connectivity index (χ4n) is 2.04. The minimum Gasteiger partial charge on any atom is -0.356 e. The molecule has 88 valence electrons. The van der Waals surface area contributed by atoms with Crippen molar-refractivity contribution in [3.05, 3.63) is 22.2 Å². The third kappa shape index (κ3) is 2.09. The average molecular weight is 222 g/mol. The summed E-state index contributed by atoms with van der Waals surface area (Å²) < 4.78 is 1.51. The van der Waals surface area contributed by atoms with Crippen LogP contribution in [0, 0.1) is 0 Å². The Balaban J connectivity index is 2.33. The van der Waals surface area contributed by atoms with Gasteiger partial charge in [-0.3, -0.25) is 9.36 Å². The molecule has 5 heteroatoms. The molecule has 0 saturated carbocycles. The van der Waals surface area contributed by atoms with Crippen molar-refractivity contribution in [1.29, 1.82) is 0 Å². The van der Waals surface area contributed by atoms with Crippen molar-refractivity contribution in [2.24, 2.45) is 12.8 Å². The fourth-order valence-corrected chi connectivity index (χ4v) is 2.04. The van der Waals surface area contributed by atoms with Gasteiger partial charge in [-0.25, -0.2) is 4.98 Å². The largest absolute Gasteiger partial charge is 0.356 e. The van der Waals surface area contributed by atoms with Crippen molar-refractivity contribution >= 4 is 5.82 Å². The highest BCUT2D eigenvalue weighted by atomic mass is 16.1. The zero-order valence-corrected chi connectivity index (χ0v) is 9.65. The van der Waals surface area contributed by atoms with E-state index in [1.807, 2.05) is 0 Å². The predicted molar refractivity (Wildman–Crippen MR) is 63.4 cm³/mol. The summed E-state index contributed by atoms with van der Waals surface area (Å²) in [5.41, 5.74) is 5.55. The number of rotatable bonds is 2. The first-order valence-corrected chi connectivity index (χ1v) is 5.74. The first-order valence-electron chi connectivity index (χ1n) is 5.74. The zero-order valence-electron chi connectivity index (χ0n) is 9.65. The van der Waals surface area contributed by atoms with Crippen molar-refractivity contribution < 1.29 is 0 Å². The second-order valence-electron chi connectivity index (χ2n) is 4.18. The summed E-state index contributed by atoms with van der Waals surface area (Å²) >= 11 is 0. The molecule has 2 heterocycles. The molecule has 16 heavy (non-hydrogen) atoms. The van der Waals surface area contributed by atoms with E-state index in [2.05, 4.69) is 9.88 Å². The van der Waals surface area contributed by atoms with Crippen LogP contribution in [0.4, 0.5) is 5.82 Å². The highest BCUT2D eigenvalue weighted by molar-refractivity contribution is 5.38. The molecule has 0 unspecified atom stereocenters. The van der Waals surface area contributed by atoms with Crippen LogP contribution in [0.5, 0.6) is 0 Å². The number of nitrogens with zero attached hydrogens (tertiary/aromatic N) is 3. The van der Waals surface area contributed by atoms with Gasteiger partial charge in [-0.1, -0.05) is 0 Å². The fraction of sp³-hybridized carbons (Fsp3) is 0.636. The number of anilines is 1. The minimum atomic E-state index is -0.0315. The van der Waals surface area contributed by atoms with Crippen molar-refractivity contribution in [2.45, 2.75) is 25.8 Å². The zero-order chi connectivity index (χ0) is 11.5. The van der Waals surface area contributed by atoms with E-state index in [1.165, 1.54) is 23.8 Å². The van der Waals surface area contributed by atoms with Crippen LogP contribution >= 0.6 is 0 Å². The third-order valence-electron chi connectivity index (χ3n) is 3.08. The Morgan fingerprint density at radius 2 is 2.06 bits per heavy atom. The van der Waals surface area contributed by atoms with Gasteiger partial charge in [0.25, 0.3) is 5.56 Å². The molecule has 1 saturated heterocycles. The molecule has 1 aliphatic rings. The van der Waals surface area contributed by atoms with Gasteiger partial charge in [0.15, 0.2) is 0 Å². The van der Waals surface area contributed by atoms with Crippen LogP contribution in [-0.2, 0) is 13.6 Å². The van der Waals surface area contributed by atoms with E-state index >= 15 is 0 Å². The van der Waals surface area contributed by atoms with Gasteiger partial charge in [0, 0.05) is 26.2 Å². The number of hydrogen-bond acceptors (Lipinski definition) is 4. The summed E-state index contributed by atoms with van der Waals surface area (Å²) in [7, 11) is 1.71. The molecule has 1 aromatic heterocycles. The van der Waals surface area contributed by atoms with Crippen LogP contribution in [0.15, 0.2) is 10.9 Å². The van der Waals surface area contributed by atoms with Gasteiger partial charge in [0.2, 0.25) is 0 Å². The Hall–Kier alpha value is -1.36. The Kier molecular flexibility index (Phi) is 3.24. The summed E-state index contributed by atoms with van der Waals surface area (Å²) in [6.07, 6.45) is 3.62. The first-order chi connectivity index (χ1) is 7.72. The maximum atomic E-state index is 11.7. The first kappa shape index (κ1) is 11.1. The molecule has 0 aliphatic carbocycles. The molecule has 0 bridgehead atoms. The van der Waals surface area contributed by atoms with Gasteiger partial charge in [0.1, 0.15) is 11.6 Å². The van der Waals surface area contributed by atoms with Crippen molar-refractivity contribution in [2.75, 3.05) is 18.0 Å². The van der Waals surface area contributed by atoms with E-state index in [0.717, 1.165) is 18.9 Å². The summed E-state index contributed by atoms with van der Waals surface area (Å²) in [6.45, 7) is 2.28. The van der Waals surface area contributed by atoms with Gasteiger partial charge in [-0.05, 0) is 19.3 Å². The van der Waals surface area contributed by atoms with E-state index < -0.39 is 0 Å². The Morgan fingerprint density at radius 3 is 2.69 bits per heavy atom. The molecule has 5 nitrogen and oxygen atoms in total. The van der Waals surface area contributed by atoms with Gasteiger partial charge in [-0.15, -0.1) is 0 Å². The molecule has 2 rings (SSSR count). The lowest BCUT2D eigenvalue weighted by molar-refractivity contribution is 0.569. The van der Waals surface area contributed by atoms with Crippen LogP contribution < -0.4 is 16.2 Å². The van der Waals surface area contributed by atoms with Gasteiger partial charge in [-0.2, -0.15) is 0 Å². The van der Waals surface area contributed by atoms with Crippen LogP contribution in [-0.4, -0.2) is 22.6 Å². The van der Waals surface area contributed by atoms with Crippen molar-refractivity contribution in [3.63, 3.8) is 0 Å². The molecular formula is C11H18N4O. The quantitative estimate of drug-likeness (QED) is 0.778. The molecule has 0 aromatic carbocycles. The second-order valence-corrected chi connectivity index (χ2v) is 4.18. The molecule has 0 radical (unpaired) electrons. The predicted octanol–water partition coefficient (Wildman–Crippen LogP) is 0.229. The lowest BCUT2D eigenvalue weighted by atomic mass is 10.1. The minimum absolute atomic E-state index is 0.0315. The maximum Gasteiger partial charge on any atom is 0.255 e. The number of hydrogen-bond donors (Lipinski definition) is 1. The van der Waals surface area contributed by atoms with Crippen LogP contribution in [0.25, 0.3) is 0 Å². The van der Waals surface area contributed by atoms with Gasteiger partial charge < -0.3 is 10.6 Å². The molecular weight excluding hydrogens is 204 g/mol. The van der Waals surface area contributed by atoms with E-state index in [1.54, 1.807) is 13.1 Å². The molecule has 1 aliphatic heterocycles. The summed E-state index contributed by atoms with van der Waals surface area (Å²) in [6, 6.07) is 1.60. The van der Waals surface area contributed by atoms with E-state index in [9.17, 15) is 4.79 Å². The highest BCUT2D eigenvalue weighted by Gasteiger charge is 2.14. The average Bonchev–Trinajstić information content (AvgIpc) is 2.33. The third-order valence-corrected chi connectivity index (χ3v) is 3.08. The summed E-state index contributed by atoms with van der Waals surface area (Å²) in [5.74, 6) is 1.43. The highest BCUT2D eigenvalue weighted by Crippen LogP contribution is 2.15. The summed E-state index contributed by atoms with van der Waals surface area (Å²) in [4.78, 5) is 18.3. The molecule has 0 spiro atoms. The van der Waals surface area contributed by atoms with Gasteiger partial charge >= 0.3 is 0 Å². The Labute approximate surface area is 94.9 Å². The maximum absolute atomic E-state index is 11.7. The Bertz CT molecular complexity index is 420. The lowest BCUT2D eigenvalue weighted by Crippen LogP contribution is -2.33. The molecule has 0 atom stereocenters. The normalized spacial score (nSPS) is 16.5. The Morgan fingerprint density at radius 1 is 1.38 bits per heavy atom. The van der Waals surface area contributed by atoms with E-state index in [-0.39, 0.29) is 5.56 Å². The molecule has 1 fully saturated rings. The second kappa shape index (κ2) is 4.65. The summed E-state index contributed by atoms with van der Waals surface area (Å²) in [5, 5.41) is 0. The van der Waals surface area contributed by atoms with E-state index in [4.69, 9.17) is 5.73 Å². The molecule has 2 N–H and O–H groups in total. The number of piperidine rings is 1. The number of aromatic nitrogens is 2. The monoisotopic (exact) mass is 222 g/mol. The number of nitrogens with two attached hydrogens (primary N) is 1. The van der Waals surface area contributed by atoms with Crippen LogP contribution in [0.3, 0.4) is 0 Å². The molecule has 0 amide bonds. The van der Waals surface area contributed by atoms with E-state index in [0.29, 0.717) is 12.4 Å². The topological polar surface area (TPSA) is 64.2 Å². The van der Waals surface area contributed by atoms with Crippen LogP contribution in [0.1, 0.15) is 25.1 Å². The molecule has 1 aromatic rings. The van der Waals surface area contributed by atoms with Crippen LogP contribution in [0.2, 0.25) is 0 Å². The van der Waals surface area contributed by atoms with Crippen molar-refractivity contribution in [3.8, 4) is 0 Å². The lowest BCUT2D eigenvalue weighted by Gasteiger charge is -2.28. The SMILES string of the molecule is Cn1c(CN)nc(N2CCCCC2)cc1=O. The van der Waals surface area contributed by atoms with Crippen molar-refractivity contribution in [1.82, 2.24) is 9.55 Å². The van der Waals surface area contributed by atoms with Gasteiger partial charge in [0.05, 0.1) is 6.54 Å². The standard InChI is InChI=1S/C11H18N4O/c1-14-10(8-12)13-9(7-11(14)16)15-5-3-2-4-6-15/h7H,2-6,8,12H2,1H3. The smallest absolute Gasteiger partial charge is 0.255 e.